The van der Waals surface area contributed by atoms with E-state index in [1.165, 1.54) is 29.5 Å². The van der Waals surface area contributed by atoms with Crippen molar-refractivity contribution >= 4 is 54.7 Å². The molecular weight excluding hydrogens is 568 g/mol. The molecule has 41 heavy (non-hydrogen) atoms. The summed E-state index contributed by atoms with van der Waals surface area (Å²) in [6.45, 7) is 4.99. The lowest BCUT2D eigenvalue weighted by Crippen LogP contribution is -2.36. The number of hydrogen-bond donors (Lipinski definition) is 2. The molecule has 2 heterocycles. The third kappa shape index (κ3) is 6.45. The van der Waals surface area contributed by atoms with Crippen molar-refractivity contribution in [3.8, 4) is 0 Å². The van der Waals surface area contributed by atoms with Gasteiger partial charge < -0.3 is 15.0 Å². The van der Waals surface area contributed by atoms with Crippen LogP contribution in [0, 0.1) is 5.41 Å². The van der Waals surface area contributed by atoms with Crippen LogP contribution in [0.25, 0.3) is 0 Å². The van der Waals surface area contributed by atoms with Crippen molar-refractivity contribution in [2.45, 2.75) is 52.0 Å². The van der Waals surface area contributed by atoms with Crippen LogP contribution in [-0.4, -0.2) is 66.5 Å². The predicted molar refractivity (Wildman–Crippen MR) is 158 cm³/mol. The third-order valence-electron chi connectivity index (χ3n) is 8.10. The second kappa shape index (κ2) is 10.8. The van der Waals surface area contributed by atoms with Crippen molar-refractivity contribution in [2.75, 3.05) is 50.9 Å². The first-order valence-electron chi connectivity index (χ1n) is 13.8. The molecular formula is C28H36N4O7S2. The maximum Gasteiger partial charge on any atom is 0.323 e. The van der Waals surface area contributed by atoms with Crippen molar-refractivity contribution < 1.29 is 31.2 Å². The number of piperidine rings is 1. The lowest BCUT2D eigenvalue weighted by atomic mass is 9.93. The lowest BCUT2D eigenvalue weighted by Gasteiger charge is -2.35. The predicted octanol–water partition coefficient (Wildman–Crippen LogP) is 3.33. The second-order valence-corrected chi connectivity index (χ2v) is 14.9. The number of hydrogen-bond acceptors (Lipinski definition) is 8. The standard InChI is InChI=1S/C28H36N4O7S2/c1-4-39-26(33)18-41(37,38)30-22-7-8-23(25(17-22)31-13-11-28(9-10-28)12-14-31)27(34)29-21-6-5-20-15-19(2)32(24(20)16-21)40(3,35)36/h5-8,16-17,19,30H,4,9-15,18H2,1-3H3,(H,29,34). The van der Waals surface area contributed by atoms with Crippen molar-refractivity contribution in [1.82, 2.24) is 0 Å². The summed E-state index contributed by atoms with van der Waals surface area (Å²) in [4.78, 5) is 27.5. The van der Waals surface area contributed by atoms with Crippen LogP contribution in [0.15, 0.2) is 36.4 Å². The largest absolute Gasteiger partial charge is 0.465 e. The van der Waals surface area contributed by atoms with Gasteiger partial charge in [0.05, 0.1) is 35.5 Å². The van der Waals surface area contributed by atoms with Gasteiger partial charge in [-0.25, -0.2) is 16.8 Å². The number of nitrogens with one attached hydrogen (secondary N) is 2. The zero-order valence-electron chi connectivity index (χ0n) is 23.5. The lowest BCUT2D eigenvalue weighted by molar-refractivity contribution is -0.139. The monoisotopic (exact) mass is 604 g/mol. The first kappa shape index (κ1) is 29.2. The molecule has 1 aliphatic carbocycles. The molecule has 1 saturated carbocycles. The van der Waals surface area contributed by atoms with Crippen LogP contribution in [0.1, 0.15) is 55.5 Å². The van der Waals surface area contributed by atoms with Crippen LogP contribution in [0.5, 0.6) is 0 Å². The Labute approximate surface area is 241 Å². The molecule has 222 valence electrons. The van der Waals surface area contributed by atoms with Crippen LogP contribution < -0.4 is 19.2 Å². The van der Waals surface area contributed by atoms with Crippen LogP contribution in [0.3, 0.4) is 0 Å². The van der Waals surface area contributed by atoms with E-state index in [0.29, 0.717) is 34.5 Å². The average Bonchev–Trinajstić information content (AvgIpc) is 3.53. The number of nitrogens with zero attached hydrogens (tertiary/aromatic N) is 2. The Morgan fingerprint density at radius 3 is 2.27 bits per heavy atom. The Morgan fingerprint density at radius 1 is 0.976 bits per heavy atom. The highest BCUT2D eigenvalue weighted by Crippen LogP contribution is 2.54. The van der Waals surface area contributed by atoms with Crippen LogP contribution in [-0.2, 0) is 36.0 Å². The molecule has 13 heteroatoms. The number of ether oxygens (including phenoxy) is 1. The van der Waals surface area contributed by atoms with Gasteiger partial charge in [-0.2, -0.15) is 0 Å². The van der Waals surface area contributed by atoms with Crippen LogP contribution in [0.2, 0.25) is 0 Å². The summed E-state index contributed by atoms with van der Waals surface area (Å²) in [5, 5.41) is 2.90. The van der Waals surface area contributed by atoms with Crippen molar-refractivity contribution in [3.63, 3.8) is 0 Å². The number of sulfonamides is 2. The Bertz CT molecular complexity index is 1580. The molecule has 11 nitrogen and oxygen atoms in total. The highest BCUT2D eigenvalue weighted by Gasteiger charge is 2.44. The molecule has 1 atom stereocenters. The number of carbonyl (C=O) groups excluding carboxylic acids is 2. The van der Waals surface area contributed by atoms with Gasteiger partial charge in [0.2, 0.25) is 20.0 Å². The normalized spacial score (nSPS) is 19.5. The van der Waals surface area contributed by atoms with Gasteiger partial charge in [-0.3, -0.25) is 18.6 Å². The zero-order chi connectivity index (χ0) is 29.6. The fourth-order valence-corrected chi connectivity index (χ4v) is 8.09. The average molecular weight is 605 g/mol. The molecule has 5 rings (SSSR count). The second-order valence-electron chi connectivity index (χ2n) is 11.3. The topological polar surface area (TPSA) is 142 Å². The van der Waals surface area contributed by atoms with E-state index in [-0.39, 0.29) is 18.3 Å². The van der Waals surface area contributed by atoms with E-state index < -0.39 is 37.7 Å². The highest BCUT2D eigenvalue weighted by atomic mass is 32.2. The first-order valence-corrected chi connectivity index (χ1v) is 17.3. The summed E-state index contributed by atoms with van der Waals surface area (Å²) in [6, 6.07) is 9.71. The Balaban J connectivity index is 1.41. The molecule has 1 spiro atoms. The molecule has 2 aromatic rings. The van der Waals surface area contributed by atoms with Gasteiger partial charge in [-0.15, -0.1) is 0 Å². The minimum absolute atomic E-state index is 0.0777. The quantitative estimate of drug-likeness (QED) is 0.415. The molecule has 2 aliphatic heterocycles. The van der Waals surface area contributed by atoms with Gasteiger partial charge in [0.1, 0.15) is 0 Å². The highest BCUT2D eigenvalue weighted by molar-refractivity contribution is 7.93. The summed E-state index contributed by atoms with van der Waals surface area (Å²) >= 11 is 0. The summed E-state index contributed by atoms with van der Waals surface area (Å²) in [6.07, 6.45) is 6.18. The molecule has 3 aliphatic rings. The maximum absolute atomic E-state index is 13.6. The van der Waals surface area contributed by atoms with Gasteiger partial charge in [0, 0.05) is 24.8 Å². The molecule has 0 radical (unpaired) electrons. The molecule has 2 aromatic carbocycles. The van der Waals surface area contributed by atoms with E-state index in [0.717, 1.165) is 31.5 Å². The molecule has 1 saturated heterocycles. The smallest absolute Gasteiger partial charge is 0.323 e. The molecule has 2 fully saturated rings. The van der Waals surface area contributed by atoms with Gasteiger partial charge in [-0.1, -0.05) is 6.07 Å². The Morgan fingerprint density at radius 2 is 1.63 bits per heavy atom. The summed E-state index contributed by atoms with van der Waals surface area (Å²) in [7, 11) is -7.51. The minimum Gasteiger partial charge on any atom is -0.465 e. The number of rotatable bonds is 9. The SMILES string of the molecule is CCOC(=O)CS(=O)(=O)Nc1ccc(C(=O)Nc2ccc3c(c2)N(S(C)(=O)=O)C(C)C3)c(N2CCC3(CC2)CC3)c1. The molecule has 1 unspecified atom stereocenters. The van der Waals surface area contributed by atoms with Gasteiger partial charge in [0.25, 0.3) is 5.91 Å². The van der Waals surface area contributed by atoms with Gasteiger partial charge >= 0.3 is 5.97 Å². The van der Waals surface area contributed by atoms with E-state index in [2.05, 4.69) is 14.9 Å². The number of benzene rings is 2. The molecule has 0 bridgehead atoms. The minimum atomic E-state index is -4.02. The van der Waals surface area contributed by atoms with Crippen molar-refractivity contribution in [2.24, 2.45) is 5.41 Å². The first-order chi connectivity index (χ1) is 19.3. The van der Waals surface area contributed by atoms with Crippen molar-refractivity contribution in [1.29, 1.82) is 0 Å². The maximum atomic E-state index is 13.6. The zero-order valence-corrected chi connectivity index (χ0v) is 25.1. The van der Waals surface area contributed by atoms with Crippen LogP contribution >= 0.6 is 0 Å². The number of carbonyl (C=O) groups is 2. The molecule has 0 aromatic heterocycles. The molecule has 2 N–H and O–H groups in total. The summed E-state index contributed by atoms with van der Waals surface area (Å²) in [5.41, 5.74) is 3.48. The van der Waals surface area contributed by atoms with E-state index in [9.17, 15) is 26.4 Å². The summed E-state index contributed by atoms with van der Waals surface area (Å²) in [5.74, 6) is -2.06. The van der Waals surface area contributed by atoms with Crippen molar-refractivity contribution in [3.05, 3.63) is 47.5 Å². The van der Waals surface area contributed by atoms with Gasteiger partial charge in [-0.05, 0) is 87.3 Å². The Hall–Kier alpha value is -3.32. The number of amides is 1. The number of anilines is 4. The van der Waals surface area contributed by atoms with E-state index in [1.54, 1.807) is 31.2 Å². The fourth-order valence-electron chi connectivity index (χ4n) is 5.88. The van der Waals surface area contributed by atoms with E-state index >= 15 is 0 Å². The Kier molecular flexibility index (Phi) is 7.70. The van der Waals surface area contributed by atoms with E-state index in [1.807, 2.05) is 13.0 Å². The van der Waals surface area contributed by atoms with Gasteiger partial charge in [0.15, 0.2) is 5.75 Å². The third-order valence-corrected chi connectivity index (χ3v) is 10.5. The number of esters is 1. The van der Waals surface area contributed by atoms with E-state index in [4.69, 9.17) is 4.74 Å². The fraction of sp³-hybridized carbons (Fsp3) is 0.500. The molecule has 1 amide bonds. The number of fused-ring (bicyclic) bond motifs is 1. The van der Waals surface area contributed by atoms with Crippen LogP contribution in [0.4, 0.5) is 22.7 Å². The summed E-state index contributed by atoms with van der Waals surface area (Å²) < 4.78 is 58.6.